The van der Waals surface area contributed by atoms with Crippen molar-refractivity contribution in [2.75, 3.05) is 13.1 Å². The van der Waals surface area contributed by atoms with Gasteiger partial charge < -0.3 is 4.90 Å². The molecule has 5 heteroatoms. The molecule has 1 saturated carbocycles. The van der Waals surface area contributed by atoms with Crippen LogP contribution in [-0.4, -0.2) is 38.7 Å². The number of aromatic nitrogens is 3. The fourth-order valence-electron chi connectivity index (χ4n) is 3.72. The van der Waals surface area contributed by atoms with Gasteiger partial charge in [-0.2, -0.15) is 5.10 Å². The average Bonchev–Trinajstić information content (AvgIpc) is 3.19. The summed E-state index contributed by atoms with van der Waals surface area (Å²) >= 11 is 0. The first-order valence-electron chi connectivity index (χ1n) is 8.21. The molecule has 3 atom stereocenters. The molecule has 0 unspecified atom stereocenters. The number of likely N-dealkylation sites (tertiary alicyclic amines) is 1. The van der Waals surface area contributed by atoms with Crippen molar-refractivity contribution in [3.63, 3.8) is 0 Å². The van der Waals surface area contributed by atoms with Crippen LogP contribution < -0.4 is 0 Å². The van der Waals surface area contributed by atoms with Gasteiger partial charge in [0, 0.05) is 43.6 Å². The number of nitrogens with zero attached hydrogens (tertiary/aromatic N) is 4. The van der Waals surface area contributed by atoms with Gasteiger partial charge in [-0.3, -0.25) is 9.48 Å². The van der Waals surface area contributed by atoms with Gasteiger partial charge in [0.15, 0.2) is 5.65 Å². The van der Waals surface area contributed by atoms with E-state index < -0.39 is 0 Å². The van der Waals surface area contributed by atoms with Crippen LogP contribution in [0.3, 0.4) is 0 Å². The normalized spacial score (nSPS) is 28.1. The van der Waals surface area contributed by atoms with Crippen LogP contribution in [0.25, 0.3) is 11.0 Å². The van der Waals surface area contributed by atoms with Crippen LogP contribution in [0, 0.1) is 11.8 Å². The quantitative estimate of drug-likeness (QED) is 0.855. The zero-order chi connectivity index (χ0) is 15.3. The summed E-state index contributed by atoms with van der Waals surface area (Å²) in [6, 6.07) is 4.06. The highest BCUT2D eigenvalue weighted by Crippen LogP contribution is 2.40. The fraction of sp³-hybridized carbons (Fsp3) is 0.588. The Morgan fingerprint density at radius 1 is 1.41 bits per heavy atom. The Kier molecular flexibility index (Phi) is 3.17. The Labute approximate surface area is 130 Å². The Bertz CT molecular complexity index is 723. The topological polar surface area (TPSA) is 51.0 Å². The van der Waals surface area contributed by atoms with Crippen molar-refractivity contribution in [3.8, 4) is 0 Å². The number of carbonyl (C=O) groups is 1. The average molecular weight is 298 g/mol. The highest BCUT2D eigenvalue weighted by molar-refractivity contribution is 5.82. The monoisotopic (exact) mass is 298 g/mol. The molecule has 2 aromatic rings. The SMILES string of the molecule is C[C@@H]1C[C@H]1C(=O)N1CCC[C@@H](c2nn(C)c3ncccc23)C1. The molecule has 2 aliphatic rings. The molecule has 116 valence electrons. The molecule has 22 heavy (non-hydrogen) atoms. The first-order chi connectivity index (χ1) is 10.6. The van der Waals surface area contributed by atoms with E-state index in [4.69, 9.17) is 5.10 Å². The van der Waals surface area contributed by atoms with Crippen LogP contribution in [0.2, 0.25) is 0 Å². The maximum atomic E-state index is 12.5. The number of piperidine rings is 1. The summed E-state index contributed by atoms with van der Waals surface area (Å²) in [6.07, 6.45) is 5.04. The fourth-order valence-corrected chi connectivity index (χ4v) is 3.72. The van der Waals surface area contributed by atoms with E-state index in [-0.39, 0.29) is 5.92 Å². The van der Waals surface area contributed by atoms with Gasteiger partial charge in [0.2, 0.25) is 5.91 Å². The van der Waals surface area contributed by atoms with Gasteiger partial charge in [0.25, 0.3) is 0 Å². The van der Waals surface area contributed by atoms with Gasteiger partial charge in [0.05, 0.1) is 5.69 Å². The predicted octanol–water partition coefficient (Wildman–Crippen LogP) is 2.33. The van der Waals surface area contributed by atoms with E-state index in [1.807, 2.05) is 17.8 Å². The van der Waals surface area contributed by atoms with Crippen LogP contribution in [0.1, 0.15) is 37.8 Å². The number of aryl methyl sites for hydroxylation is 1. The molecule has 0 aromatic carbocycles. The summed E-state index contributed by atoms with van der Waals surface area (Å²) < 4.78 is 1.86. The number of rotatable bonds is 2. The molecule has 1 saturated heterocycles. The molecule has 0 radical (unpaired) electrons. The summed E-state index contributed by atoms with van der Waals surface area (Å²) in [4.78, 5) is 19.0. The third-order valence-corrected chi connectivity index (χ3v) is 5.17. The summed E-state index contributed by atoms with van der Waals surface area (Å²) in [5.41, 5.74) is 2.03. The number of hydrogen-bond acceptors (Lipinski definition) is 3. The summed E-state index contributed by atoms with van der Waals surface area (Å²) in [6.45, 7) is 3.88. The van der Waals surface area contributed by atoms with Crippen LogP contribution in [0.15, 0.2) is 18.3 Å². The number of pyridine rings is 1. The van der Waals surface area contributed by atoms with Crippen molar-refractivity contribution in [1.82, 2.24) is 19.7 Å². The third-order valence-electron chi connectivity index (χ3n) is 5.17. The molecule has 0 spiro atoms. The maximum Gasteiger partial charge on any atom is 0.225 e. The van der Waals surface area contributed by atoms with Crippen molar-refractivity contribution in [2.24, 2.45) is 18.9 Å². The van der Waals surface area contributed by atoms with E-state index in [2.05, 4.69) is 22.9 Å². The zero-order valence-corrected chi connectivity index (χ0v) is 13.2. The van der Waals surface area contributed by atoms with E-state index in [1.165, 1.54) is 0 Å². The molecule has 1 aliphatic heterocycles. The molecule has 0 N–H and O–H groups in total. The van der Waals surface area contributed by atoms with Gasteiger partial charge in [-0.15, -0.1) is 0 Å². The van der Waals surface area contributed by atoms with Gasteiger partial charge in [-0.1, -0.05) is 6.92 Å². The highest BCUT2D eigenvalue weighted by atomic mass is 16.2. The van der Waals surface area contributed by atoms with E-state index >= 15 is 0 Å². The largest absolute Gasteiger partial charge is 0.342 e. The van der Waals surface area contributed by atoms with E-state index in [1.54, 1.807) is 6.20 Å². The van der Waals surface area contributed by atoms with Crippen molar-refractivity contribution >= 4 is 16.9 Å². The first-order valence-corrected chi connectivity index (χ1v) is 8.21. The second kappa shape index (κ2) is 5.07. The molecule has 4 rings (SSSR count). The Morgan fingerprint density at radius 3 is 3.00 bits per heavy atom. The van der Waals surface area contributed by atoms with Crippen molar-refractivity contribution in [3.05, 3.63) is 24.0 Å². The molecule has 5 nitrogen and oxygen atoms in total. The zero-order valence-electron chi connectivity index (χ0n) is 13.2. The second-order valence-electron chi connectivity index (χ2n) is 6.83. The van der Waals surface area contributed by atoms with E-state index in [0.29, 0.717) is 17.7 Å². The van der Waals surface area contributed by atoms with Crippen LogP contribution in [0.4, 0.5) is 0 Å². The van der Waals surface area contributed by atoms with Gasteiger partial charge in [-0.05, 0) is 37.3 Å². The Morgan fingerprint density at radius 2 is 2.23 bits per heavy atom. The third kappa shape index (κ3) is 2.19. The van der Waals surface area contributed by atoms with Gasteiger partial charge >= 0.3 is 0 Å². The standard InChI is InChI=1S/C17H22N4O/c1-11-9-14(11)17(22)21-8-4-5-12(10-21)15-13-6-3-7-18-16(13)20(2)19-15/h3,6-7,11-12,14H,4-5,8-10H2,1-2H3/t11-,12-,14-/m1/s1. The van der Waals surface area contributed by atoms with Gasteiger partial charge in [-0.25, -0.2) is 4.98 Å². The van der Waals surface area contributed by atoms with Crippen molar-refractivity contribution in [1.29, 1.82) is 0 Å². The van der Waals surface area contributed by atoms with Crippen molar-refractivity contribution in [2.45, 2.75) is 32.1 Å². The van der Waals surface area contributed by atoms with Gasteiger partial charge in [0.1, 0.15) is 0 Å². The van der Waals surface area contributed by atoms with Crippen LogP contribution in [-0.2, 0) is 11.8 Å². The molecule has 0 bridgehead atoms. The van der Waals surface area contributed by atoms with Crippen molar-refractivity contribution < 1.29 is 4.79 Å². The lowest BCUT2D eigenvalue weighted by Gasteiger charge is -2.32. The van der Waals surface area contributed by atoms with Crippen LogP contribution >= 0.6 is 0 Å². The lowest BCUT2D eigenvalue weighted by molar-refractivity contribution is -0.134. The highest BCUT2D eigenvalue weighted by Gasteiger charge is 2.42. The maximum absolute atomic E-state index is 12.5. The summed E-state index contributed by atoms with van der Waals surface area (Å²) in [5.74, 6) is 1.55. The lowest BCUT2D eigenvalue weighted by atomic mass is 9.93. The summed E-state index contributed by atoms with van der Waals surface area (Å²) in [7, 11) is 1.94. The molecular weight excluding hydrogens is 276 g/mol. The summed E-state index contributed by atoms with van der Waals surface area (Å²) in [5, 5.41) is 5.83. The number of carbonyl (C=O) groups excluding carboxylic acids is 1. The molecule has 2 fully saturated rings. The first kappa shape index (κ1) is 13.7. The molecule has 3 heterocycles. The number of fused-ring (bicyclic) bond motifs is 1. The minimum absolute atomic E-state index is 0.279. The van der Waals surface area contributed by atoms with Crippen LogP contribution in [0.5, 0.6) is 0 Å². The predicted molar refractivity (Wildman–Crippen MR) is 84.3 cm³/mol. The minimum atomic E-state index is 0.279. The number of amides is 1. The Balaban J connectivity index is 1.60. The molecule has 2 aromatic heterocycles. The van der Waals surface area contributed by atoms with E-state index in [9.17, 15) is 4.79 Å². The lowest BCUT2D eigenvalue weighted by Crippen LogP contribution is -2.40. The smallest absolute Gasteiger partial charge is 0.225 e. The van der Waals surface area contributed by atoms with E-state index in [0.717, 1.165) is 49.1 Å². The Hall–Kier alpha value is -1.91. The minimum Gasteiger partial charge on any atom is -0.342 e. The second-order valence-corrected chi connectivity index (χ2v) is 6.83. The number of hydrogen-bond donors (Lipinski definition) is 0. The molecular formula is C17H22N4O. The molecule has 1 amide bonds. The molecule has 1 aliphatic carbocycles.